The van der Waals surface area contributed by atoms with E-state index < -0.39 is 0 Å². The maximum Gasteiger partial charge on any atom is -0.00426 e. The van der Waals surface area contributed by atoms with Crippen LogP contribution in [0.4, 0.5) is 0 Å². The topological polar surface area (TPSA) is 3.24 Å². The van der Waals surface area contributed by atoms with Crippen molar-refractivity contribution >= 4 is 0 Å². The summed E-state index contributed by atoms with van der Waals surface area (Å²) in [5.41, 5.74) is 2.70. The Labute approximate surface area is 98.1 Å². The van der Waals surface area contributed by atoms with Gasteiger partial charge in [-0.3, -0.25) is 7.05 Å². The van der Waals surface area contributed by atoms with Crippen molar-refractivity contribution in [3.05, 3.63) is 66.7 Å². The van der Waals surface area contributed by atoms with E-state index in [2.05, 4.69) is 54.4 Å². The minimum atomic E-state index is 0.909. The highest BCUT2D eigenvalue weighted by atomic mass is 15.1. The van der Waals surface area contributed by atoms with Crippen LogP contribution in [-0.4, -0.2) is 11.4 Å². The first kappa shape index (κ1) is 11.2. The third kappa shape index (κ3) is 3.35. The third-order valence-corrected chi connectivity index (χ3v) is 2.73. The van der Waals surface area contributed by atoms with Crippen molar-refractivity contribution in [3.63, 3.8) is 0 Å². The second-order valence-corrected chi connectivity index (χ2v) is 4.23. The summed E-state index contributed by atoms with van der Waals surface area (Å²) in [6, 6.07) is 10.5. The van der Waals surface area contributed by atoms with Gasteiger partial charge in [0.25, 0.3) is 0 Å². The summed E-state index contributed by atoms with van der Waals surface area (Å²) in [6.07, 6.45) is 9.12. The summed E-state index contributed by atoms with van der Waals surface area (Å²) in [4.78, 5) is 2.11. The van der Waals surface area contributed by atoms with Gasteiger partial charge in [-0.15, -0.1) is 0 Å². The predicted octanol–water partition coefficient (Wildman–Crippen LogP) is 3.56. The normalized spacial score (nSPS) is 15.2. The van der Waals surface area contributed by atoms with Crippen LogP contribution >= 0.6 is 0 Å². The highest BCUT2D eigenvalue weighted by Crippen LogP contribution is 2.12. The zero-order valence-electron chi connectivity index (χ0n) is 9.60. The van der Waals surface area contributed by atoms with Gasteiger partial charge in [-0.25, -0.2) is 0 Å². The van der Waals surface area contributed by atoms with E-state index in [1.165, 1.54) is 24.0 Å². The maximum absolute atomic E-state index is 4.09. The fourth-order valence-electron chi connectivity index (χ4n) is 1.94. The predicted molar refractivity (Wildman–Crippen MR) is 68.7 cm³/mol. The summed E-state index contributed by atoms with van der Waals surface area (Å²) >= 11 is 0. The molecule has 84 valence electrons. The van der Waals surface area contributed by atoms with E-state index in [1.54, 1.807) is 0 Å². The molecule has 16 heavy (non-hydrogen) atoms. The molecule has 0 aromatic heterocycles. The zero-order valence-corrected chi connectivity index (χ0v) is 9.60. The maximum atomic E-state index is 4.09. The summed E-state index contributed by atoms with van der Waals surface area (Å²) in [5, 5.41) is 0. The van der Waals surface area contributed by atoms with E-state index in [4.69, 9.17) is 0 Å². The van der Waals surface area contributed by atoms with Crippen LogP contribution in [0, 0.1) is 7.05 Å². The highest BCUT2D eigenvalue weighted by molar-refractivity contribution is 5.24. The van der Waals surface area contributed by atoms with Gasteiger partial charge in [-0.2, -0.15) is 0 Å². The number of hydrogen-bond acceptors (Lipinski definition) is 1. The summed E-state index contributed by atoms with van der Waals surface area (Å²) in [7, 11) is 4.09. The van der Waals surface area contributed by atoms with E-state index in [-0.39, 0.29) is 0 Å². The van der Waals surface area contributed by atoms with Crippen LogP contribution in [0.5, 0.6) is 0 Å². The molecule has 0 saturated heterocycles. The Kier molecular flexibility index (Phi) is 3.95. The van der Waals surface area contributed by atoms with Gasteiger partial charge in [0.1, 0.15) is 0 Å². The molecule has 1 aliphatic carbocycles. The van der Waals surface area contributed by atoms with Gasteiger partial charge in [0.05, 0.1) is 0 Å². The Morgan fingerprint density at radius 2 is 1.88 bits per heavy atom. The first-order chi connectivity index (χ1) is 7.84. The molecule has 0 heterocycles. The van der Waals surface area contributed by atoms with Crippen molar-refractivity contribution in [1.82, 2.24) is 4.90 Å². The summed E-state index contributed by atoms with van der Waals surface area (Å²) < 4.78 is 0. The SMILES string of the molecule is [CH2-]N(CC1=CCCC=C1)Cc1ccccc1. The molecule has 1 nitrogen and oxygen atoms in total. The van der Waals surface area contributed by atoms with Crippen LogP contribution in [0.25, 0.3) is 0 Å². The van der Waals surface area contributed by atoms with Crippen LogP contribution < -0.4 is 0 Å². The van der Waals surface area contributed by atoms with Crippen molar-refractivity contribution < 1.29 is 0 Å². The molecule has 2 rings (SSSR count). The van der Waals surface area contributed by atoms with Crippen LogP contribution in [0.3, 0.4) is 0 Å². The van der Waals surface area contributed by atoms with Gasteiger partial charge >= 0.3 is 0 Å². The van der Waals surface area contributed by atoms with Crippen LogP contribution in [0.1, 0.15) is 18.4 Å². The lowest BCUT2D eigenvalue weighted by Crippen LogP contribution is -2.18. The van der Waals surface area contributed by atoms with Crippen molar-refractivity contribution in [3.8, 4) is 0 Å². The Morgan fingerprint density at radius 3 is 2.56 bits per heavy atom. The van der Waals surface area contributed by atoms with Crippen LogP contribution in [0.2, 0.25) is 0 Å². The third-order valence-electron chi connectivity index (χ3n) is 2.73. The second-order valence-electron chi connectivity index (χ2n) is 4.23. The molecule has 0 unspecified atom stereocenters. The average molecular weight is 212 g/mol. The van der Waals surface area contributed by atoms with Crippen LogP contribution in [-0.2, 0) is 6.54 Å². The minimum Gasteiger partial charge on any atom is -0.452 e. The van der Waals surface area contributed by atoms with Gasteiger partial charge in [0.2, 0.25) is 0 Å². The van der Waals surface area contributed by atoms with Crippen LogP contribution in [0.15, 0.2) is 54.1 Å². The highest BCUT2D eigenvalue weighted by Gasteiger charge is 1.99. The van der Waals surface area contributed by atoms with E-state index in [9.17, 15) is 0 Å². The van der Waals surface area contributed by atoms with E-state index in [0.717, 1.165) is 13.1 Å². The number of benzene rings is 1. The molecule has 0 aliphatic heterocycles. The largest absolute Gasteiger partial charge is 0.452 e. The van der Waals surface area contributed by atoms with Gasteiger partial charge < -0.3 is 4.90 Å². The van der Waals surface area contributed by atoms with E-state index in [1.807, 2.05) is 6.07 Å². The van der Waals surface area contributed by atoms with Crippen molar-refractivity contribution in [1.29, 1.82) is 0 Å². The van der Waals surface area contributed by atoms with Gasteiger partial charge in [0.15, 0.2) is 0 Å². The first-order valence-electron chi connectivity index (χ1n) is 5.79. The lowest BCUT2D eigenvalue weighted by atomic mass is 10.1. The molecule has 0 saturated carbocycles. The van der Waals surface area contributed by atoms with E-state index >= 15 is 0 Å². The molecule has 0 amide bonds. The van der Waals surface area contributed by atoms with Crippen molar-refractivity contribution in [2.24, 2.45) is 0 Å². The molecule has 1 aliphatic rings. The average Bonchev–Trinajstić information content (AvgIpc) is 2.31. The molecular weight excluding hydrogens is 194 g/mol. The Morgan fingerprint density at radius 1 is 1.06 bits per heavy atom. The number of allylic oxidation sites excluding steroid dienone is 2. The van der Waals surface area contributed by atoms with Gasteiger partial charge in [-0.05, 0) is 37.1 Å². The quantitative estimate of drug-likeness (QED) is 0.690. The summed E-state index contributed by atoms with van der Waals surface area (Å²) in [6.45, 7) is 1.84. The molecule has 0 N–H and O–H groups in total. The van der Waals surface area contributed by atoms with E-state index in [0.29, 0.717) is 0 Å². The Bertz CT molecular complexity index is 376. The van der Waals surface area contributed by atoms with Gasteiger partial charge in [0, 0.05) is 0 Å². The molecule has 0 fully saturated rings. The Balaban J connectivity index is 1.87. The minimum absolute atomic E-state index is 0.909. The molecule has 0 bridgehead atoms. The van der Waals surface area contributed by atoms with Gasteiger partial charge in [-0.1, -0.05) is 48.6 Å². The molecule has 1 aromatic carbocycles. The van der Waals surface area contributed by atoms with Crippen molar-refractivity contribution in [2.75, 3.05) is 6.54 Å². The number of rotatable bonds is 4. The zero-order chi connectivity index (χ0) is 11.2. The number of hydrogen-bond donors (Lipinski definition) is 0. The lowest BCUT2D eigenvalue weighted by molar-refractivity contribution is 0.396. The Hall–Kier alpha value is -1.34. The molecular formula is C15H18N-. The second kappa shape index (κ2) is 5.66. The fourth-order valence-corrected chi connectivity index (χ4v) is 1.94. The molecule has 1 aromatic rings. The molecule has 0 atom stereocenters. The standard InChI is InChI=1S/C15H18N/c1-16(12-14-8-4-2-5-9-14)13-15-10-6-3-7-11-15/h2,4-6,8-11H,1,3,7,12-13H2/q-1. The fraction of sp³-hybridized carbons (Fsp3) is 0.267. The van der Waals surface area contributed by atoms with Crippen molar-refractivity contribution in [2.45, 2.75) is 19.4 Å². The number of nitrogens with zero attached hydrogens (tertiary/aromatic N) is 1. The molecule has 0 spiro atoms. The molecule has 0 radical (unpaired) electrons. The first-order valence-corrected chi connectivity index (χ1v) is 5.79. The summed E-state index contributed by atoms with van der Waals surface area (Å²) in [5.74, 6) is 0. The monoisotopic (exact) mass is 212 g/mol. The molecule has 1 heteroatoms. The lowest BCUT2D eigenvalue weighted by Gasteiger charge is -2.26. The smallest absolute Gasteiger partial charge is 0.00426 e.